The van der Waals surface area contributed by atoms with Gasteiger partial charge < -0.3 is 0 Å². The second-order valence-electron chi connectivity index (χ2n) is 3.08. The molecule has 1 radical (unpaired) electrons. The quantitative estimate of drug-likeness (QED) is 0.496. The Morgan fingerprint density at radius 2 is 2.00 bits per heavy atom. The van der Waals surface area contributed by atoms with Gasteiger partial charge in [-0.1, -0.05) is 6.07 Å². The zero-order valence-corrected chi connectivity index (χ0v) is 7.31. The molecule has 3 aromatic rings. The van der Waals surface area contributed by atoms with Crippen LogP contribution in [0.4, 0.5) is 0 Å². The van der Waals surface area contributed by atoms with Gasteiger partial charge in [-0.25, -0.2) is 9.97 Å². The van der Waals surface area contributed by atoms with Crippen LogP contribution in [0.5, 0.6) is 0 Å². The maximum absolute atomic E-state index is 4.27. The van der Waals surface area contributed by atoms with Gasteiger partial charge in [-0.3, -0.25) is 4.98 Å². The van der Waals surface area contributed by atoms with E-state index in [0.29, 0.717) is 0 Å². The van der Waals surface area contributed by atoms with Gasteiger partial charge in [-0.05, 0) is 18.2 Å². The van der Waals surface area contributed by atoms with Crippen molar-refractivity contribution in [2.75, 3.05) is 0 Å². The van der Waals surface area contributed by atoms with E-state index in [2.05, 4.69) is 21.3 Å². The number of aromatic nitrogens is 3. The molecule has 0 spiro atoms. The molecule has 3 nitrogen and oxygen atoms in total. The summed E-state index contributed by atoms with van der Waals surface area (Å²) in [6, 6.07) is 7.91. The zero-order valence-electron chi connectivity index (χ0n) is 7.31. The molecule has 0 atom stereocenters. The summed E-state index contributed by atoms with van der Waals surface area (Å²) in [6.45, 7) is 0. The lowest BCUT2D eigenvalue weighted by molar-refractivity contribution is 1.20. The van der Waals surface area contributed by atoms with Crippen LogP contribution in [0.15, 0.2) is 36.7 Å². The van der Waals surface area contributed by atoms with Crippen LogP contribution in [-0.4, -0.2) is 15.0 Å². The summed E-state index contributed by atoms with van der Waals surface area (Å²) >= 11 is 0. The molecule has 65 valence electrons. The maximum atomic E-state index is 4.27. The summed E-state index contributed by atoms with van der Waals surface area (Å²) in [7, 11) is 0. The van der Waals surface area contributed by atoms with E-state index < -0.39 is 0 Å². The summed E-state index contributed by atoms with van der Waals surface area (Å²) < 4.78 is 0. The van der Waals surface area contributed by atoms with Gasteiger partial charge in [0.15, 0.2) is 6.33 Å². The van der Waals surface area contributed by atoms with Crippen LogP contribution in [0.25, 0.3) is 21.8 Å². The van der Waals surface area contributed by atoms with Crippen molar-refractivity contribution in [2.24, 2.45) is 0 Å². The van der Waals surface area contributed by atoms with E-state index in [1.54, 1.807) is 12.4 Å². The molecule has 0 aliphatic heterocycles. The number of nitrogens with zero attached hydrogens (tertiary/aromatic N) is 3. The first-order chi connectivity index (χ1) is 6.93. The number of hydrogen-bond acceptors (Lipinski definition) is 3. The minimum Gasteiger partial charge on any atom is -0.256 e. The monoisotopic (exact) mass is 180 g/mol. The fraction of sp³-hybridized carbons (Fsp3) is 0. The third-order valence-electron chi connectivity index (χ3n) is 2.18. The van der Waals surface area contributed by atoms with Crippen molar-refractivity contribution in [3.63, 3.8) is 0 Å². The second-order valence-corrected chi connectivity index (χ2v) is 3.08. The fourth-order valence-corrected chi connectivity index (χ4v) is 1.51. The Morgan fingerprint density at radius 1 is 1.07 bits per heavy atom. The Labute approximate surface area is 80.5 Å². The summed E-state index contributed by atoms with van der Waals surface area (Å²) in [5.41, 5.74) is 1.87. The fourth-order valence-electron chi connectivity index (χ4n) is 1.51. The molecular formula is C11H6N3. The lowest BCUT2D eigenvalue weighted by Crippen LogP contribution is -1.83. The van der Waals surface area contributed by atoms with Gasteiger partial charge in [0.2, 0.25) is 0 Å². The highest BCUT2D eigenvalue weighted by atomic mass is 14.8. The molecule has 0 bridgehead atoms. The summed E-state index contributed by atoms with van der Waals surface area (Å²) in [4.78, 5) is 12.2. The average molecular weight is 180 g/mol. The van der Waals surface area contributed by atoms with E-state index in [1.165, 1.54) is 0 Å². The molecular weight excluding hydrogens is 174 g/mol. The van der Waals surface area contributed by atoms with E-state index in [9.17, 15) is 0 Å². The van der Waals surface area contributed by atoms with Gasteiger partial charge in [0.1, 0.15) is 0 Å². The first kappa shape index (κ1) is 7.38. The Balaban J connectivity index is 2.52. The first-order valence-electron chi connectivity index (χ1n) is 4.31. The highest BCUT2D eigenvalue weighted by Gasteiger charge is 1.98. The van der Waals surface area contributed by atoms with E-state index in [4.69, 9.17) is 0 Å². The first-order valence-corrected chi connectivity index (χ1v) is 4.31. The number of hydrogen-bond donors (Lipinski definition) is 0. The second kappa shape index (κ2) is 2.73. The van der Waals surface area contributed by atoms with Gasteiger partial charge in [0.25, 0.3) is 0 Å². The predicted octanol–water partition coefficient (Wildman–Crippen LogP) is 1.98. The summed E-state index contributed by atoms with van der Waals surface area (Å²) in [5.74, 6) is 0. The summed E-state index contributed by atoms with van der Waals surface area (Å²) in [5, 5.41) is 2.09. The van der Waals surface area contributed by atoms with Gasteiger partial charge in [-0.2, -0.15) is 0 Å². The Kier molecular flexibility index (Phi) is 1.44. The van der Waals surface area contributed by atoms with Crippen molar-refractivity contribution in [3.05, 3.63) is 43.0 Å². The number of pyridine rings is 1. The smallest absolute Gasteiger partial charge is 0.198 e. The predicted molar refractivity (Wildman–Crippen MR) is 53.7 cm³/mol. The van der Waals surface area contributed by atoms with Crippen LogP contribution in [0.3, 0.4) is 0 Å². The van der Waals surface area contributed by atoms with E-state index in [0.717, 1.165) is 21.8 Å². The van der Waals surface area contributed by atoms with Crippen LogP contribution in [0.2, 0.25) is 0 Å². The number of fused-ring (bicyclic) bond motifs is 2. The van der Waals surface area contributed by atoms with Gasteiger partial charge in [0.05, 0.1) is 11.0 Å². The SMILES string of the molecule is [c]1ncc2cc3ncccc3cc2n1. The third kappa shape index (κ3) is 1.03. The molecule has 3 rings (SSSR count). The van der Waals surface area contributed by atoms with Gasteiger partial charge in [0, 0.05) is 23.2 Å². The van der Waals surface area contributed by atoms with Crippen molar-refractivity contribution in [1.29, 1.82) is 0 Å². The summed E-state index contributed by atoms with van der Waals surface area (Å²) in [6.07, 6.45) is 6.11. The highest BCUT2D eigenvalue weighted by molar-refractivity contribution is 5.93. The van der Waals surface area contributed by atoms with Crippen LogP contribution < -0.4 is 0 Å². The lowest BCUT2D eigenvalue weighted by atomic mass is 10.1. The molecule has 0 saturated carbocycles. The average Bonchev–Trinajstić information content (AvgIpc) is 2.26. The molecule has 2 aromatic heterocycles. The minimum atomic E-state index is 0.903. The normalized spacial score (nSPS) is 10.9. The van der Waals surface area contributed by atoms with Crippen LogP contribution in [0.1, 0.15) is 0 Å². The van der Waals surface area contributed by atoms with Crippen molar-refractivity contribution in [1.82, 2.24) is 15.0 Å². The van der Waals surface area contributed by atoms with Crippen LogP contribution >= 0.6 is 0 Å². The van der Waals surface area contributed by atoms with Gasteiger partial charge >= 0.3 is 0 Å². The molecule has 14 heavy (non-hydrogen) atoms. The molecule has 2 heterocycles. The zero-order chi connectivity index (χ0) is 9.38. The number of rotatable bonds is 0. The lowest BCUT2D eigenvalue weighted by Gasteiger charge is -1.98. The molecule has 1 aromatic carbocycles. The number of benzene rings is 1. The topological polar surface area (TPSA) is 38.7 Å². The Morgan fingerprint density at radius 3 is 3.00 bits per heavy atom. The largest absolute Gasteiger partial charge is 0.256 e. The third-order valence-corrected chi connectivity index (χ3v) is 2.18. The molecule has 3 heteroatoms. The molecule has 0 amide bonds. The minimum absolute atomic E-state index is 0.903. The molecule has 0 aliphatic carbocycles. The van der Waals surface area contributed by atoms with Crippen molar-refractivity contribution in [2.45, 2.75) is 0 Å². The van der Waals surface area contributed by atoms with Crippen molar-refractivity contribution in [3.8, 4) is 0 Å². The molecule has 0 saturated heterocycles. The molecule has 0 unspecified atom stereocenters. The van der Waals surface area contributed by atoms with Crippen molar-refractivity contribution >= 4 is 21.8 Å². The highest BCUT2D eigenvalue weighted by Crippen LogP contribution is 2.17. The molecule has 0 fully saturated rings. The maximum Gasteiger partial charge on any atom is 0.198 e. The van der Waals surface area contributed by atoms with E-state index in [-0.39, 0.29) is 0 Å². The standard InChI is InChI=1S/C11H6N3/c1-2-8-4-11-9(6-12-7-14-11)5-10(8)13-3-1/h1-6H. The molecule has 0 N–H and O–H groups in total. The van der Waals surface area contributed by atoms with Crippen LogP contribution in [0, 0.1) is 6.33 Å². The Bertz CT molecular complexity index is 499. The van der Waals surface area contributed by atoms with Gasteiger partial charge in [-0.15, -0.1) is 0 Å². The Hall–Kier alpha value is -2.03. The van der Waals surface area contributed by atoms with E-state index in [1.807, 2.05) is 24.3 Å². The van der Waals surface area contributed by atoms with Crippen molar-refractivity contribution < 1.29 is 0 Å². The van der Waals surface area contributed by atoms with Crippen LogP contribution in [-0.2, 0) is 0 Å². The molecule has 0 aliphatic rings. The van der Waals surface area contributed by atoms with E-state index >= 15 is 0 Å².